The highest BCUT2D eigenvalue weighted by molar-refractivity contribution is 5.84. The summed E-state index contributed by atoms with van der Waals surface area (Å²) in [6.07, 6.45) is 1.94. The Kier molecular flexibility index (Phi) is 3.76. The number of aromatic nitrogens is 1. The van der Waals surface area contributed by atoms with Crippen molar-refractivity contribution in [3.05, 3.63) is 42.2 Å². The van der Waals surface area contributed by atoms with Crippen molar-refractivity contribution in [1.29, 1.82) is 0 Å². The molecule has 0 spiro atoms. The van der Waals surface area contributed by atoms with Gasteiger partial charge in [-0.2, -0.15) is 0 Å². The third-order valence-corrected chi connectivity index (χ3v) is 3.91. The molecule has 100 valence electrons. The van der Waals surface area contributed by atoms with E-state index in [0.717, 1.165) is 32.7 Å². The molecule has 1 atom stereocenters. The summed E-state index contributed by atoms with van der Waals surface area (Å²) in [5, 5.41) is 5.99. The van der Waals surface area contributed by atoms with Gasteiger partial charge in [0, 0.05) is 50.2 Å². The number of pyridine rings is 1. The molecule has 1 fully saturated rings. The van der Waals surface area contributed by atoms with Gasteiger partial charge in [0.2, 0.25) is 0 Å². The number of piperazine rings is 1. The van der Waals surface area contributed by atoms with Gasteiger partial charge in [-0.15, -0.1) is 0 Å². The number of hydrogen-bond acceptors (Lipinski definition) is 3. The first-order valence-electron chi connectivity index (χ1n) is 7.11. The van der Waals surface area contributed by atoms with E-state index in [0.29, 0.717) is 5.92 Å². The molecule has 3 heteroatoms. The smallest absolute Gasteiger partial charge is 0.0522 e. The van der Waals surface area contributed by atoms with Crippen LogP contribution in [0.2, 0.25) is 0 Å². The van der Waals surface area contributed by atoms with Crippen LogP contribution in [0.4, 0.5) is 0 Å². The molecule has 1 aliphatic heterocycles. The van der Waals surface area contributed by atoms with Crippen molar-refractivity contribution in [2.75, 3.05) is 32.7 Å². The summed E-state index contributed by atoms with van der Waals surface area (Å²) in [7, 11) is 0. The molecule has 19 heavy (non-hydrogen) atoms. The average molecular weight is 255 g/mol. The maximum absolute atomic E-state index is 4.63. The summed E-state index contributed by atoms with van der Waals surface area (Å²) in [5.41, 5.74) is 1.23. The molecule has 0 saturated carbocycles. The number of fused-ring (bicyclic) bond motifs is 1. The predicted octanol–water partition coefficient (Wildman–Crippen LogP) is 2.24. The largest absolute Gasteiger partial charge is 0.314 e. The first-order valence-corrected chi connectivity index (χ1v) is 7.11. The Labute approximate surface area is 114 Å². The second-order valence-electron chi connectivity index (χ2n) is 5.37. The molecule has 0 aliphatic carbocycles. The maximum Gasteiger partial charge on any atom is 0.0522 e. The van der Waals surface area contributed by atoms with Gasteiger partial charge in [0.05, 0.1) is 5.69 Å². The molecular formula is C16H21N3. The van der Waals surface area contributed by atoms with E-state index in [2.05, 4.69) is 52.5 Å². The van der Waals surface area contributed by atoms with Crippen molar-refractivity contribution < 1.29 is 0 Å². The Hall–Kier alpha value is -1.45. The second kappa shape index (κ2) is 5.68. The highest BCUT2D eigenvalue weighted by atomic mass is 15.2. The molecule has 3 rings (SSSR count). The molecule has 1 aromatic heterocycles. The van der Waals surface area contributed by atoms with E-state index in [1.165, 1.54) is 16.5 Å². The van der Waals surface area contributed by atoms with Crippen LogP contribution in [0, 0.1) is 0 Å². The molecule has 1 N–H and O–H groups in total. The average Bonchev–Trinajstić information content (AvgIpc) is 2.47. The van der Waals surface area contributed by atoms with Crippen molar-refractivity contribution in [2.24, 2.45) is 0 Å². The number of rotatable bonds is 3. The fraction of sp³-hybridized carbons (Fsp3) is 0.438. The van der Waals surface area contributed by atoms with Crippen molar-refractivity contribution in [1.82, 2.24) is 15.2 Å². The summed E-state index contributed by atoms with van der Waals surface area (Å²) < 4.78 is 0. The maximum atomic E-state index is 4.63. The molecule has 1 saturated heterocycles. The normalized spacial score (nSPS) is 18.6. The lowest BCUT2D eigenvalue weighted by atomic mass is 10.00. The van der Waals surface area contributed by atoms with Crippen LogP contribution in [0.5, 0.6) is 0 Å². The third kappa shape index (κ3) is 2.77. The number of hydrogen-bond donors (Lipinski definition) is 1. The van der Waals surface area contributed by atoms with E-state index in [-0.39, 0.29) is 0 Å². The molecule has 0 radical (unpaired) electrons. The van der Waals surface area contributed by atoms with Gasteiger partial charge in [-0.1, -0.05) is 31.2 Å². The van der Waals surface area contributed by atoms with Gasteiger partial charge in [-0.05, 0) is 11.5 Å². The summed E-state index contributed by atoms with van der Waals surface area (Å²) in [6, 6.07) is 10.6. The molecule has 2 aromatic rings. The fourth-order valence-electron chi connectivity index (χ4n) is 2.90. The minimum atomic E-state index is 0.476. The Morgan fingerprint density at radius 2 is 2.00 bits per heavy atom. The van der Waals surface area contributed by atoms with Gasteiger partial charge in [0.25, 0.3) is 0 Å². The molecule has 0 amide bonds. The first-order chi connectivity index (χ1) is 9.34. The summed E-state index contributed by atoms with van der Waals surface area (Å²) in [5.74, 6) is 0.476. The van der Waals surface area contributed by atoms with Gasteiger partial charge < -0.3 is 10.2 Å². The number of benzene rings is 1. The minimum Gasteiger partial charge on any atom is -0.314 e. The molecule has 3 nitrogen and oxygen atoms in total. The summed E-state index contributed by atoms with van der Waals surface area (Å²) >= 11 is 0. The van der Waals surface area contributed by atoms with E-state index in [1.54, 1.807) is 0 Å². The standard InChI is InChI=1S/C16H21N3/c1-13(12-19-10-8-17-9-11-19)16-15-5-3-2-4-14(15)6-7-18-16/h2-7,13,17H,8-12H2,1H3. The Bertz CT molecular complexity index is 541. The van der Waals surface area contributed by atoms with Crippen LogP contribution in [0.3, 0.4) is 0 Å². The van der Waals surface area contributed by atoms with Crippen LogP contribution >= 0.6 is 0 Å². The van der Waals surface area contributed by atoms with Gasteiger partial charge in [-0.25, -0.2) is 0 Å². The zero-order valence-corrected chi connectivity index (χ0v) is 11.5. The van der Waals surface area contributed by atoms with Gasteiger partial charge >= 0.3 is 0 Å². The van der Waals surface area contributed by atoms with Gasteiger partial charge in [0.1, 0.15) is 0 Å². The zero-order valence-electron chi connectivity index (χ0n) is 11.5. The molecule has 1 aromatic carbocycles. The zero-order chi connectivity index (χ0) is 13.1. The Balaban J connectivity index is 1.82. The van der Waals surface area contributed by atoms with Crippen LogP contribution in [0.1, 0.15) is 18.5 Å². The number of nitrogens with zero attached hydrogens (tertiary/aromatic N) is 2. The highest BCUT2D eigenvalue weighted by Gasteiger charge is 2.16. The van der Waals surface area contributed by atoms with E-state index >= 15 is 0 Å². The van der Waals surface area contributed by atoms with Crippen molar-refractivity contribution in [3.63, 3.8) is 0 Å². The molecule has 1 unspecified atom stereocenters. The SMILES string of the molecule is CC(CN1CCNCC1)c1nccc2ccccc12. The number of nitrogens with one attached hydrogen (secondary N) is 1. The summed E-state index contributed by atoms with van der Waals surface area (Å²) in [4.78, 5) is 7.16. The molecular weight excluding hydrogens is 234 g/mol. The molecule has 1 aliphatic rings. The lowest BCUT2D eigenvalue weighted by molar-refractivity contribution is 0.230. The molecule has 2 heterocycles. The Morgan fingerprint density at radius 1 is 1.21 bits per heavy atom. The topological polar surface area (TPSA) is 28.2 Å². The van der Waals surface area contributed by atoms with Crippen LogP contribution in [-0.2, 0) is 0 Å². The van der Waals surface area contributed by atoms with E-state index in [9.17, 15) is 0 Å². The fourth-order valence-corrected chi connectivity index (χ4v) is 2.90. The Morgan fingerprint density at radius 3 is 2.84 bits per heavy atom. The lowest BCUT2D eigenvalue weighted by Gasteiger charge is -2.29. The third-order valence-electron chi connectivity index (χ3n) is 3.91. The molecule has 0 bridgehead atoms. The van der Waals surface area contributed by atoms with Crippen LogP contribution in [-0.4, -0.2) is 42.6 Å². The van der Waals surface area contributed by atoms with E-state index in [4.69, 9.17) is 0 Å². The second-order valence-corrected chi connectivity index (χ2v) is 5.37. The van der Waals surface area contributed by atoms with E-state index in [1.807, 2.05) is 6.20 Å². The highest BCUT2D eigenvalue weighted by Crippen LogP contribution is 2.24. The van der Waals surface area contributed by atoms with Crippen LogP contribution in [0.15, 0.2) is 36.5 Å². The monoisotopic (exact) mass is 255 g/mol. The van der Waals surface area contributed by atoms with Gasteiger partial charge in [0.15, 0.2) is 0 Å². The quantitative estimate of drug-likeness (QED) is 0.911. The van der Waals surface area contributed by atoms with Crippen LogP contribution < -0.4 is 5.32 Å². The first kappa shape index (κ1) is 12.6. The predicted molar refractivity (Wildman–Crippen MR) is 79.5 cm³/mol. The van der Waals surface area contributed by atoms with E-state index < -0.39 is 0 Å². The van der Waals surface area contributed by atoms with Crippen LogP contribution in [0.25, 0.3) is 10.8 Å². The summed E-state index contributed by atoms with van der Waals surface area (Å²) in [6.45, 7) is 7.90. The van der Waals surface area contributed by atoms with Crippen molar-refractivity contribution in [3.8, 4) is 0 Å². The minimum absolute atomic E-state index is 0.476. The van der Waals surface area contributed by atoms with Crippen molar-refractivity contribution >= 4 is 10.8 Å². The van der Waals surface area contributed by atoms with Crippen molar-refractivity contribution in [2.45, 2.75) is 12.8 Å². The van der Waals surface area contributed by atoms with Gasteiger partial charge in [-0.3, -0.25) is 4.98 Å². The lowest BCUT2D eigenvalue weighted by Crippen LogP contribution is -2.44.